The highest BCUT2D eigenvalue weighted by Crippen LogP contribution is 2.33. The van der Waals surface area contributed by atoms with Crippen molar-refractivity contribution in [2.45, 2.75) is 12.0 Å². The second-order valence-electron chi connectivity index (χ2n) is 7.48. The van der Waals surface area contributed by atoms with Gasteiger partial charge in [-0.05, 0) is 42.2 Å². The first-order valence-corrected chi connectivity index (χ1v) is 9.09. The molecule has 2 heterocycles. The minimum atomic E-state index is -0.883. The fraction of sp³-hybridized carbons (Fsp3) is 0.381. The van der Waals surface area contributed by atoms with Crippen LogP contribution in [0.15, 0.2) is 54.6 Å². The summed E-state index contributed by atoms with van der Waals surface area (Å²) in [6.45, 7) is 3.54. The number of carbonyl (C=O) groups is 1. The normalized spacial score (nSPS) is 22.2. The summed E-state index contributed by atoms with van der Waals surface area (Å²) in [5, 5.41) is 10.7. The molecule has 0 aliphatic carbocycles. The van der Waals surface area contributed by atoms with Crippen molar-refractivity contribution in [1.29, 1.82) is 0 Å². The lowest BCUT2D eigenvalue weighted by molar-refractivity contribution is -0.108. The zero-order valence-electron chi connectivity index (χ0n) is 14.6. The molecule has 0 aromatic heterocycles. The Morgan fingerprint density at radius 3 is 2.50 bits per heavy atom. The van der Waals surface area contributed by atoms with Gasteiger partial charge in [-0.3, -0.25) is 9.69 Å². The number of likely N-dealkylation sites (tertiary alicyclic amines) is 2. The Morgan fingerprint density at radius 2 is 1.81 bits per heavy atom. The van der Waals surface area contributed by atoms with Crippen molar-refractivity contribution < 1.29 is 14.3 Å². The number of rotatable bonds is 4. The standard InChI is InChI=1S/C21H23FN2O2/c22-19-8-6-18(7-9-19)21(26)14-23(15-21)12-16-10-11-24(13-16)20(25)17-4-2-1-3-5-17/h1-9,16,26H,10-15H2. The number of β-amino-alcohol motifs (C(OH)–C–C–N with tert-alkyl or cyclic N) is 1. The van der Waals surface area contributed by atoms with Crippen LogP contribution in [0.2, 0.25) is 0 Å². The monoisotopic (exact) mass is 354 g/mol. The lowest BCUT2D eigenvalue weighted by Crippen LogP contribution is -2.60. The van der Waals surface area contributed by atoms with Gasteiger partial charge in [0.1, 0.15) is 11.4 Å². The van der Waals surface area contributed by atoms with E-state index in [0.717, 1.165) is 37.2 Å². The van der Waals surface area contributed by atoms with E-state index in [-0.39, 0.29) is 11.7 Å². The van der Waals surface area contributed by atoms with Gasteiger partial charge in [-0.2, -0.15) is 0 Å². The van der Waals surface area contributed by atoms with Crippen molar-refractivity contribution in [2.24, 2.45) is 5.92 Å². The van der Waals surface area contributed by atoms with E-state index in [0.29, 0.717) is 19.0 Å². The summed E-state index contributed by atoms with van der Waals surface area (Å²) in [6, 6.07) is 15.5. The molecule has 4 rings (SSSR count). The molecule has 2 aliphatic heterocycles. The number of halogens is 1. The van der Waals surface area contributed by atoms with Gasteiger partial charge < -0.3 is 10.0 Å². The topological polar surface area (TPSA) is 43.8 Å². The molecule has 0 bridgehead atoms. The fourth-order valence-electron chi connectivity index (χ4n) is 4.06. The van der Waals surface area contributed by atoms with Crippen molar-refractivity contribution in [1.82, 2.24) is 9.80 Å². The van der Waals surface area contributed by atoms with Crippen LogP contribution in [0.5, 0.6) is 0 Å². The van der Waals surface area contributed by atoms with Gasteiger partial charge in [0.05, 0.1) is 0 Å². The van der Waals surface area contributed by atoms with E-state index < -0.39 is 5.60 Å². The van der Waals surface area contributed by atoms with E-state index in [1.807, 2.05) is 35.2 Å². The number of nitrogens with zero attached hydrogens (tertiary/aromatic N) is 2. The van der Waals surface area contributed by atoms with Gasteiger partial charge in [0, 0.05) is 38.3 Å². The summed E-state index contributed by atoms with van der Waals surface area (Å²) in [7, 11) is 0. The molecular formula is C21H23FN2O2. The predicted octanol–water partition coefficient (Wildman–Crippen LogP) is 2.49. The van der Waals surface area contributed by atoms with Gasteiger partial charge >= 0.3 is 0 Å². The number of aliphatic hydroxyl groups is 1. The molecule has 2 aromatic carbocycles. The lowest BCUT2D eigenvalue weighted by atomic mass is 9.85. The minimum Gasteiger partial charge on any atom is -0.382 e. The van der Waals surface area contributed by atoms with E-state index in [1.165, 1.54) is 12.1 Å². The third-order valence-electron chi connectivity index (χ3n) is 5.46. The van der Waals surface area contributed by atoms with Crippen LogP contribution >= 0.6 is 0 Å². The predicted molar refractivity (Wildman–Crippen MR) is 97.2 cm³/mol. The molecule has 0 radical (unpaired) electrons. The molecular weight excluding hydrogens is 331 g/mol. The first kappa shape index (κ1) is 17.2. The van der Waals surface area contributed by atoms with Crippen molar-refractivity contribution in [3.8, 4) is 0 Å². The average molecular weight is 354 g/mol. The van der Waals surface area contributed by atoms with Crippen LogP contribution in [0.25, 0.3) is 0 Å². The van der Waals surface area contributed by atoms with Gasteiger partial charge in [0.15, 0.2) is 0 Å². The van der Waals surface area contributed by atoms with Gasteiger partial charge in [0.25, 0.3) is 5.91 Å². The Labute approximate surface area is 152 Å². The van der Waals surface area contributed by atoms with Crippen molar-refractivity contribution in [3.05, 3.63) is 71.5 Å². The zero-order chi connectivity index (χ0) is 18.1. The molecule has 5 heteroatoms. The summed E-state index contributed by atoms with van der Waals surface area (Å²) >= 11 is 0. The quantitative estimate of drug-likeness (QED) is 0.917. The Hall–Kier alpha value is -2.24. The third-order valence-corrected chi connectivity index (χ3v) is 5.46. The Balaban J connectivity index is 1.29. The van der Waals surface area contributed by atoms with Crippen LogP contribution in [-0.4, -0.2) is 53.5 Å². The van der Waals surface area contributed by atoms with Crippen LogP contribution in [0, 0.1) is 11.7 Å². The summed E-state index contributed by atoms with van der Waals surface area (Å²) in [6.07, 6.45) is 0.990. The maximum Gasteiger partial charge on any atom is 0.253 e. The lowest BCUT2D eigenvalue weighted by Gasteiger charge is -2.47. The summed E-state index contributed by atoms with van der Waals surface area (Å²) in [5.41, 5.74) is 0.622. The Bertz CT molecular complexity index is 772. The molecule has 2 aliphatic rings. The Morgan fingerprint density at radius 1 is 1.12 bits per heavy atom. The summed E-state index contributed by atoms with van der Waals surface area (Å²) in [5.74, 6) is 0.239. The molecule has 4 nitrogen and oxygen atoms in total. The molecule has 2 fully saturated rings. The minimum absolute atomic E-state index is 0.0968. The molecule has 1 amide bonds. The summed E-state index contributed by atoms with van der Waals surface area (Å²) < 4.78 is 13.0. The number of carbonyl (C=O) groups excluding carboxylic acids is 1. The van der Waals surface area contributed by atoms with Gasteiger partial charge in [0.2, 0.25) is 0 Å². The number of hydrogen-bond donors (Lipinski definition) is 1. The second-order valence-corrected chi connectivity index (χ2v) is 7.48. The van der Waals surface area contributed by atoms with Gasteiger partial charge in [-0.25, -0.2) is 4.39 Å². The van der Waals surface area contributed by atoms with Gasteiger partial charge in [-0.1, -0.05) is 30.3 Å². The second kappa shape index (κ2) is 6.82. The SMILES string of the molecule is O=C(c1ccccc1)N1CCC(CN2CC(O)(c3ccc(F)cc3)C2)C1. The van der Waals surface area contributed by atoms with Crippen molar-refractivity contribution >= 4 is 5.91 Å². The highest BCUT2D eigenvalue weighted by atomic mass is 19.1. The number of amides is 1. The number of hydrogen-bond acceptors (Lipinski definition) is 3. The van der Waals surface area contributed by atoms with Gasteiger partial charge in [-0.15, -0.1) is 0 Å². The maximum atomic E-state index is 13.0. The first-order chi connectivity index (χ1) is 12.5. The van der Waals surface area contributed by atoms with E-state index in [9.17, 15) is 14.3 Å². The number of benzene rings is 2. The molecule has 1 atom stereocenters. The molecule has 1 N–H and O–H groups in total. The summed E-state index contributed by atoms with van der Waals surface area (Å²) in [4.78, 5) is 16.7. The fourth-order valence-corrected chi connectivity index (χ4v) is 4.06. The third kappa shape index (κ3) is 3.37. The smallest absolute Gasteiger partial charge is 0.253 e. The molecule has 2 aromatic rings. The van der Waals surface area contributed by atoms with Crippen LogP contribution in [-0.2, 0) is 5.60 Å². The molecule has 0 saturated carbocycles. The van der Waals surface area contributed by atoms with E-state index in [4.69, 9.17) is 0 Å². The molecule has 0 spiro atoms. The molecule has 26 heavy (non-hydrogen) atoms. The Kier molecular flexibility index (Phi) is 4.51. The highest BCUT2D eigenvalue weighted by Gasteiger charge is 2.43. The zero-order valence-corrected chi connectivity index (χ0v) is 14.6. The average Bonchev–Trinajstić information content (AvgIpc) is 3.09. The van der Waals surface area contributed by atoms with E-state index in [2.05, 4.69) is 4.90 Å². The largest absolute Gasteiger partial charge is 0.382 e. The molecule has 136 valence electrons. The van der Waals surface area contributed by atoms with Crippen molar-refractivity contribution in [2.75, 3.05) is 32.7 Å². The van der Waals surface area contributed by atoms with Crippen LogP contribution < -0.4 is 0 Å². The highest BCUT2D eigenvalue weighted by molar-refractivity contribution is 5.94. The van der Waals surface area contributed by atoms with Crippen molar-refractivity contribution in [3.63, 3.8) is 0 Å². The first-order valence-electron chi connectivity index (χ1n) is 9.09. The van der Waals surface area contributed by atoms with Crippen LogP contribution in [0.3, 0.4) is 0 Å². The molecule has 2 saturated heterocycles. The molecule has 1 unspecified atom stereocenters. The van der Waals surface area contributed by atoms with E-state index >= 15 is 0 Å². The maximum absolute atomic E-state index is 13.0. The van der Waals surface area contributed by atoms with Crippen LogP contribution in [0.1, 0.15) is 22.3 Å². The van der Waals surface area contributed by atoms with E-state index in [1.54, 1.807) is 12.1 Å². The van der Waals surface area contributed by atoms with Crippen LogP contribution in [0.4, 0.5) is 4.39 Å².